The van der Waals surface area contributed by atoms with Crippen molar-refractivity contribution in [2.75, 3.05) is 13.2 Å². The number of unbranched alkanes of at least 4 members (excludes halogenated alkanes) is 3. The molecule has 18 heavy (non-hydrogen) atoms. The van der Waals surface area contributed by atoms with Gasteiger partial charge in [-0.3, -0.25) is 0 Å². The van der Waals surface area contributed by atoms with E-state index in [9.17, 15) is 4.79 Å². The lowest BCUT2D eigenvalue weighted by Gasteiger charge is -2.12. The van der Waals surface area contributed by atoms with Gasteiger partial charge < -0.3 is 9.47 Å². The standard InChI is InChI=1S/C15H24O3/c1-11(2)7-5-3-4-6-8-13-14-12(9-17-13)10-18-15(14)16/h11,13H,3-10H2,1-2H3/t13-/m1/s1. The van der Waals surface area contributed by atoms with Gasteiger partial charge in [0.15, 0.2) is 0 Å². The molecule has 2 rings (SSSR count). The molecule has 0 fully saturated rings. The van der Waals surface area contributed by atoms with Crippen LogP contribution in [0.5, 0.6) is 0 Å². The molecule has 0 saturated heterocycles. The molecule has 3 heteroatoms. The first kappa shape index (κ1) is 13.6. The van der Waals surface area contributed by atoms with Crippen LogP contribution in [-0.2, 0) is 14.3 Å². The van der Waals surface area contributed by atoms with Crippen LogP contribution in [-0.4, -0.2) is 25.3 Å². The molecule has 0 unspecified atom stereocenters. The molecule has 0 aromatic heterocycles. The summed E-state index contributed by atoms with van der Waals surface area (Å²) in [5.41, 5.74) is 1.90. The molecular weight excluding hydrogens is 228 g/mol. The van der Waals surface area contributed by atoms with Crippen LogP contribution in [0.3, 0.4) is 0 Å². The maximum atomic E-state index is 11.5. The van der Waals surface area contributed by atoms with Crippen LogP contribution in [0, 0.1) is 5.92 Å². The highest BCUT2D eigenvalue weighted by Gasteiger charge is 2.36. The fourth-order valence-electron chi connectivity index (χ4n) is 2.68. The second kappa shape index (κ2) is 6.37. The number of cyclic esters (lactones) is 1. The highest BCUT2D eigenvalue weighted by atomic mass is 16.6. The number of carbonyl (C=O) groups excluding carboxylic acids is 1. The number of hydrogen-bond acceptors (Lipinski definition) is 3. The molecule has 2 aliphatic rings. The average molecular weight is 252 g/mol. The van der Waals surface area contributed by atoms with E-state index in [-0.39, 0.29) is 12.1 Å². The van der Waals surface area contributed by atoms with E-state index in [1.807, 2.05) is 0 Å². The monoisotopic (exact) mass is 252 g/mol. The Labute approximate surface area is 110 Å². The molecule has 0 saturated carbocycles. The van der Waals surface area contributed by atoms with Crippen LogP contribution in [0.15, 0.2) is 11.1 Å². The second-order valence-corrected chi connectivity index (χ2v) is 5.78. The zero-order valence-electron chi connectivity index (χ0n) is 11.5. The van der Waals surface area contributed by atoms with Gasteiger partial charge in [-0.1, -0.05) is 46.0 Å². The number of ether oxygens (including phenoxy) is 2. The van der Waals surface area contributed by atoms with E-state index in [4.69, 9.17) is 9.47 Å². The normalized spacial score (nSPS) is 22.8. The van der Waals surface area contributed by atoms with Crippen LogP contribution in [0.25, 0.3) is 0 Å². The van der Waals surface area contributed by atoms with E-state index >= 15 is 0 Å². The molecule has 102 valence electrons. The smallest absolute Gasteiger partial charge is 0.337 e. The van der Waals surface area contributed by atoms with Crippen LogP contribution in [0.2, 0.25) is 0 Å². The van der Waals surface area contributed by atoms with Gasteiger partial charge in [-0.15, -0.1) is 0 Å². The third-order valence-electron chi connectivity index (χ3n) is 3.76. The summed E-state index contributed by atoms with van der Waals surface area (Å²) in [6.07, 6.45) is 7.30. The highest BCUT2D eigenvalue weighted by molar-refractivity contribution is 5.93. The first-order chi connectivity index (χ1) is 8.68. The van der Waals surface area contributed by atoms with Gasteiger partial charge in [-0.05, 0) is 12.3 Å². The molecule has 2 heterocycles. The van der Waals surface area contributed by atoms with E-state index in [0.717, 1.165) is 29.9 Å². The lowest BCUT2D eigenvalue weighted by Crippen LogP contribution is -2.16. The average Bonchev–Trinajstić information content (AvgIpc) is 2.88. The number of carbonyl (C=O) groups is 1. The Kier molecular flexibility index (Phi) is 4.81. The minimum Gasteiger partial charge on any atom is -0.458 e. The van der Waals surface area contributed by atoms with E-state index < -0.39 is 0 Å². The fourth-order valence-corrected chi connectivity index (χ4v) is 2.68. The zero-order chi connectivity index (χ0) is 13.0. The van der Waals surface area contributed by atoms with Crippen LogP contribution in [0.4, 0.5) is 0 Å². The molecule has 1 atom stereocenters. The van der Waals surface area contributed by atoms with Crippen LogP contribution < -0.4 is 0 Å². The van der Waals surface area contributed by atoms with Crippen molar-refractivity contribution in [3.05, 3.63) is 11.1 Å². The summed E-state index contributed by atoms with van der Waals surface area (Å²) >= 11 is 0. The fraction of sp³-hybridized carbons (Fsp3) is 0.800. The maximum absolute atomic E-state index is 11.5. The molecule has 0 bridgehead atoms. The highest BCUT2D eigenvalue weighted by Crippen LogP contribution is 2.30. The van der Waals surface area contributed by atoms with Gasteiger partial charge in [-0.2, -0.15) is 0 Å². The third-order valence-corrected chi connectivity index (χ3v) is 3.76. The molecule has 0 aromatic carbocycles. The van der Waals surface area contributed by atoms with Crippen molar-refractivity contribution in [1.82, 2.24) is 0 Å². The van der Waals surface area contributed by atoms with Gasteiger partial charge in [0.25, 0.3) is 0 Å². The van der Waals surface area contributed by atoms with Crippen molar-refractivity contribution in [2.45, 2.75) is 58.5 Å². The molecule has 0 N–H and O–H groups in total. The van der Waals surface area contributed by atoms with E-state index in [1.165, 1.54) is 25.7 Å². The minimum absolute atomic E-state index is 0.0140. The van der Waals surface area contributed by atoms with Crippen molar-refractivity contribution in [3.8, 4) is 0 Å². The molecule has 2 aliphatic heterocycles. The predicted octanol–water partition coefficient (Wildman–Crippen LogP) is 3.24. The molecule has 0 aromatic rings. The van der Waals surface area contributed by atoms with Crippen LogP contribution in [0.1, 0.15) is 52.4 Å². The van der Waals surface area contributed by atoms with Crippen molar-refractivity contribution in [1.29, 1.82) is 0 Å². The molecule has 0 amide bonds. The Bertz CT molecular complexity index is 331. The molecule has 0 aliphatic carbocycles. The van der Waals surface area contributed by atoms with Crippen molar-refractivity contribution in [2.24, 2.45) is 5.92 Å². The van der Waals surface area contributed by atoms with Gasteiger partial charge >= 0.3 is 5.97 Å². The van der Waals surface area contributed by atoms with Gasteiger partial charge in [0.2, 0.25) is 0 Å². The van der Waals surface area contributed by atoms with Gasteiger partial charge in [0.1, 0.15) is 6.61 Å². The molecular formula is C15H24O3. The van der Waals surface area contributed by atoms with E-state index in [2.05, 4.69) is 13.8 Å². The summed E-state index contributed by atoms with van der Waals surface area (Å²) in [7, 11) is 0. The SMILES string of the molecule is CC(C)CCCCCC[C@H]1OCC2=C1C(=O)OC2. The Morgan fingerprint density at radius 1 is 1.17 bits per heavy atom. The largest absolute Gasteiger partial charge is 0.458 e. The maximum Gasteiger partial charge on any atom is 0.337 e. The van der Waals surface area contributed by atoms with Gasteiger partial charge in [0.05, 0.1) is 18.3 Å². The Morgan fingerprint density at radius 3 is 2.72 bits per heavy atom. The quantitative estimate of drug-likeness (QED) is 0.515. The zero-order valence-corrected chi connectivity index (χ0v) is 11.5. The molecule has 3 nitrogen and oxygen atoms in total. The molecule has 0 spiro atoms. The Hall–Kier alpha value is -0.830. The summed E-state index contributed by atoms with van der Waals surface area (Å²) in [6, 6.07) is 0. The number of esters is 1. The van der Waals surface area contributed by atoms with Gasteiger partial charge in [-0.25, -0.2) is 4.79 Å². The summed E-state index contributed by atoms with van der Waals surface area (Å²) in [6.45, 7) is 5.59. The van der Waals surface area contributed by atoms with E-state index in [1.54, 1.807) is 0 Å². The van der Waals surface area contributed by atoms with Crippen molar-refractivity contribution in [3.63, 3.8) is 0 Å². The first-order valence-electron chi connectivity index (χ1n) is 7.19. The summed E-state index contributed by atoms with van der Waals surface area (Å²) in [4.78, 5) is 11.5. The Morgan fingerprint density at radius 2 is 1.94 bits per heavy atom. The topological polar surface area (TPSA) is 35.5 Å². The van der Waals surface area contributed by atoms with Crippen LogP contribution >= 0.6 is 0 Å². The number of hydrogen-bond donors (Lipinski definition) is 0. The second-order valence-electron chi connectivity index (χ2n) is 5.78. The van der Waals surface area contributed by atoms with E-state index in [0.29, 0.717) is 13.2 Å². The lowest BCUT2D eigenvalue weighted by atomic mass is 10.00. The van der Waals surface area contributed by atoms with Crippen molar-refractivity contribution < 1.29 is 14.3 Å². The first-order valence-corrected chi connectivity index (χ1v) is 7.19. The third kappa shape index (κ3) is 3.35. The summed E-state index contributed by atoms with van der Waals surface area (Å²) in [5, 5.41) is 0. The lowest BCUT2D eigenvalue weighted by molar-refractivity contribution is -0.137. The van der Waals surface area contributed by atoms with Crippen molar-refractivity contribution >= 4 is 5.97 Å². The Balaban J connectivity index is 1.62. The molecule has 0 radical (unpaired) electrons. The van der Waals surface area contributed by atoms with Gasteiger partial charge in [0, 0.05) is 5.57 Å². The summed E-state index contributed by atoms with van der Waals surface area (Å²) < 4.78 is 10.7. The summed E-state index contributed by atoms with van der Waals surface area (Å²) in [5.74, 6) is 0.663. The predicted molar refractivity (Wildman–Crippen MR) is 70.3 cm³/mol. The minimum atomic E-state index is -0.146. The number of rotatable bonds is 7.